The predicted octanol–water partition coefficient (Wildman–Crippen LogP) is 3.03. The van der Waals surface area contributed by atoms with Crippen LogP contribution in [0.5, 0.6) is 0 Å². The molecule has 0 aliphatic heterocycles. The fraction of sp³-hybridized carbons (Fsp3) is 0.250. The number of allylic oxidation sites excluding steroid dienone is 5. The van der Waals surface area contributed by atoms with Gasteiger partial charge in [0.2, 0.25) is 0 Å². The molecule has 0 nitrogen and oxygen atoms in total. The molecule has 0 N–H and O–H groups in total. The first-order valence-corrected chi connectivity index (χ1v) is 3.78. The molecule has 0 spiro atoms. The second-order valence-electron chi connectivity index (χ2n) is 2.08. The SMILES string of the molecule is C=CC1C=CC(Br)=CC1. The molecule has 0 radical (unpaired) electrons. The van der Waals surface area contributed by atoms with Gasteiger partial charge in [0, 0.05) is 4.48 Å². The quantitative estimate of drug-likeness (QED) is 0.550. The monoisotopic (exact) mass is 184 g/mol. The molecule has 48 valence electrons. The lowest BCUT2D eigenvalue weighted by Crippen LogP contribution is -1.92. The van der Waals surface area contributed by atoms with Gasteiger partial charge in [-0.25, -0.2) is 0 Å². The van der Waals surface area contributed by atoms with E-state index in [9.17, 15) is 0 Å². The van der Waals surface area contributed by atoms with E-state index in [0.717, 1.165) is 6.42 Å². The van der Waals surface area contributed by atoms with Crippen LogP contribution in [0.2, 0.25) is 0 Å². The molecule has 1 rings (SSSR count). The van der Waals surface area contributed by atoms with Crippen molar-refractivity contribution in [1.82, 2.24) is 0 Å². The minimum atomic E-state index is 0.547. The first kappa shape index (κ1) is 6.81. The van der Waals surface area contributed by atoms with Gasteiger partial charge < -0.3 is 0 Å². The highest BCUT2D eigenvalue weighted by Gasteiger charge is 2.01. The lowest BCUT2D eigenvalue weighted by atomic mass is 10.0. The van der Waals surface area contributed by atoms with Crippen LogP contribution in [-0.4, -0.2) is 0 Å². The van der Waals surface area contributed by atoms with Gasteiger partial charge in [0.1, 0.15) is 0 Å². The van der Waals surface area contributed by atoms with Crippen LogP contribution >= 0.6 is 15.9 Å². The lowest BCUT2D eigenvalue weighted by molar-refractivity contribution is 0.823. The van der Waals surface area contributed by atoms with E-state index < -0.39 is 0 Å². The first-order valence-electron chi connectivity index (χ1n) is 2.99. The van der Waals surface area contributed by atoms with Gasteiger partial charge in [-0.05, 0) is 12.3 Å². The van der Waals surface area contributed by atoms with Crippen LogP contribution in [-0.2, 0) is 0 Å². The van der Waals surface area contributed by atoms with Crippen LogP contribution in [0, 0.1) is 5.92 Å². The molecule has 9 heavy (non-hydrogen) atoms. The van der Waals surface area contributed by atoms with E-state index in [2.05, 4.69) is 40.7 Å². The molecular weight excluding hydrogens is 176 g/mol. The molecule has 1 aliphatic rings. The van der Waals surface area contributed by atoms with E-state index in [1.165, 1.54) is 4.48 Å². The van der Waals surface area contributed by atoms with Gasteiger partial charge in [0.15, 0.2) is 0 Å². The third-order valence-corrected chi connectivity index (χ3v) is 1.98. The Morgan fingerprint density at radius 2 is 2.56 bits per heavy atom. The van der Waals surface area contributed by atoms with Gasteiger partial charge in [-0.2, -0.15) is 0 Å². The van der Waals surface area contributed by atoms with Gasteiger partial charge in [0.25, 0.3) is 0 Å². The Hall–Kier alpha value is -0.300. The molecule has 0 amide bonds. The van der Waals surface area contributed by atoms with Crippen LogP contribution in [0.1, 0.15) is 6.42 Å². The standard InChI is InChI=1S/C8H9Br/c1-2-7-3-5-8(9)6-4-7/h2-3,5-7H,1,4H2. The molecule has 0 bridgehead atoms. The van der Waals surface area contributed by atoms with Crippen molar-refractivity contribution in [2.45, 2.75) is 6.42 Å². The van der Waals surface area contributed by atoms with Gasteiger partial charge in [-0.3, -0.25) is 0 Å². The van der Waals surface area contributed by atoms with Crippen molar-refractivity contribution in [3.8, 4) is 0 Å². The Labute approximate surface area is 64.1 Å². The zero-order valence-electron chi connectivity index (χ0n) is 5.18. The summed E-state index contributed by atoms with van der Waals surface area (Å²) >= 11 is 3.38. The Morgan fingerprint density at radius 1 is 1.78 bits per heavy atom. The third-order valence-electron chi connectivity index (χ3n) is 1.39. The van der Waals surface area contributed by atoms with E-state index >= 15 is 0 Å². The smallest absolute Gasteiger partial charge is 0.0132 e. The van der Waals surface area contributed by atoms with E-state index in [1.807, 2.05) is 6.08 Å². The van der Waals surface area contributed by atoms with Crippen molar-refractivity contribution in [2.24, 2.45) is 5.92 Å². The van der Waals surface area contributed by atoms with Crippen molar-refractivity contribution < 1.29 is 0 Å². The van der Waals surface area contributed by atoms with E-state index in [-0.39, 0.29) is 0 Å². The van der Waals surface area contributed by atoms with Crippen LogP contribution in [0.3, 0.4) is 0 Å². The molecule has 0 aromatic carbocycles. The molecule has 1 heteroatoms. The number of hydrogen-bond donors (Lipinski definition) is 0. The van der Waals surface area contributed by atoms with Crippen LogP contribution in [0.25, 0.3) is 0 Å². The Morgan fingerprint density at radius 3 is 3.00 bits per heavy atom. The van der Waals surface area contributed by atoms with Crippen LogP contribution in [0.4, 0.5) is 0 Å². The average Bonchev–Trinajstić information content (AvgIpc) is 1.90. The summed E-state index contributed by atoms with van der Waals surface area (Å²) in [4.78, 5) is 0. The van der Waals surface area contributed by atoms with Crippen molar-refractivity contribution >= 4 is 15.9 Å². The third kappa shape index (κ3) is 1.83. The summed E-state index contributed by atoms with van der Waals surface area (Å²) in [5, 5.41) is 0. The molecule has 0 fully saturated rings. The van der Waals surface area contributed by atoms with Crippen molar-refractivity contribution in [3.05, 3.63) is 35.4 Å². The second-order valence-corrected chi connectivity index (χ2v) is 3.00. The van der Waals surface area contributed by atoms with E-state index in [1.54, 1.807) is 0 Å². The van der Waals surface area contributed by atoms with Crippen LogP contribution < -0.4 is 0 Å². The first-order chi connectivity index (χ1) is 4.33. The molecule has 0 aromatic heterocycles. The fourth-order valence-corrected chi connectivity index (χ4v) is 1.13. The molecule has 0 saturated carbocycles. The highest BCUT2D eigenvalue weighted by Crippen LogP contribution is 2.19. The summed E-state index contributed by atoms with van der Waals surface area (Å²) in [5.41, 5.74) is 0. The minimum Gasteiger partial charge on any atom is -0.102 e. The normalized spacial score (nSPS) is 25.4. The maximum Gasteiger partial charge on any atom is 0.0132 e. The Balaban J connectivity index is 2.58. The molecule has 0 heterocycles. The topological polar surface area (TPSA) is 0 Å². The largest absolute Gasteiger partial charge is 0.102 e. The van der Waals surface area contributed by atoms with Gasteiger partial charge in [-0.1, -0.05) is 40.2 Å². The summed E-state index contributed by atoms with van der Waals surface area (Å²) in [6.07, 6.45) is 9.42. The molecular formula is C8H9Br. The number of hydrogen-bond acceptors (Lipinski definition) is 0. The Bertz CT molecular complexity index is 165. The van der Waals surface area contributed by atoms with Gasteiger partial charge >= 0.3 is 0 Å². The fourth-order valence-electron chi connectivity index (χ4n) is 0.786. The highest BCUT2D eigenvalue weighted by molar-refractivity contribution is 9.11. The van der Waals surface area contributed by atoms with Gasteiger partial charge in [0.05, 0.1) is 0 Å². The van der Waals surface area contributed by atoms with E-state index in [4.69, 9.17) is 0 Å². The summed E-state index contributed by atoms with van der Waals surface area (Å²) in [7, 11) is 0. The summed E-state index contributed by atoms with van der Waals surface area (Å²) in [6.45, 7) is 3.71. The molecule has 1 aliphatic carbocycles. The predicted molar refractivity (Wildman–Crippen MR) is 44.5 cm³/mol. The number of halogens is 1. The molecule has 0 saturated heterocycles. The summed E-state index contributed by atoms with van der Waals surface area (Å²) < 4.78 is 1.18. The number of rotatable bonds is 1. The molecule has 1 unspecified atom stereocenters. The molecule has 1 atom stereocenters. The van der Waals surface area contributed by atoms with Crippen LogP contribution in [0.15, 0.2) is 35.4 Å². The van der Waals surface area contributed by atoms with Gasteiger partial charge in [-0.15, -0.1) is 6.58 Å². The Kier molecular flexibility index (Phi) is 2.29. The highest BCUT2D eigenvalue weighted by atomic mass is 79.9. The second kappa shape index (κ2) is 3.02. The maximum atomic E-state index is 3.71. The lowest BCUT2D eigenvalue weighted by Gasteiger charge is -2.07. The zero-order valence-corrected chi connectivity index (χ0v) is 6.76. The van der Waals surface area contributed by atoms with Crippen molar-refractivity contribution in [2.75, 3.05) is 0 Å². The zero-order chi connectivity index (χ0) is 6.69. The molecule has 0 aromatic rings. The van der Waals surface area contributed by atoms with E-state index in [0.29, 0.717) is 5.92 Å². The summed E-state index contributed by atoms with van der Waals surface area (Å²) in [6, 6.07) is 0. The maximum absolute atomic E-state index is 3.71. The minimum absolute atomic E-state index is 0.547. The summed E-state index contributed by atoms with van der Waals surface area (Å²) in [5.74, 6) is 0.547. The van der Waals surface area contributed by atoms with Crippen molar-refractivity contribution in [3.63, 3.8) is 0 Å². The van der Waals surface area contributed by atoms with Crippen molar-refractivity contribution in [1.29, 1.82) is 0 Å². The average molecular weight is 185 g/mol.